The molecule has 43 heavy (non-hydrogen) atoms. The molecule has 1 fully saturated rings. The van der Waals surface area contributed by atoms with Crippen LogP contribution < -0.4 is 9.47 Å². The minimum Gasteiger partial charge on any atom is -0.454 e. The number of aromatic nitrogens is 1. The van der Waals surface area contributed by atoms with Crippen molar-refractivity contribution in [3.8, 4) is 11.5 Å². The van der Waals surface area contributed by atoms with Crippen LogP contribution in [0.25, 0.3) is 10.9 Å². The Morgan fingerprint density at radius 2 is 1.49 bits per heavy atom. The van der Waals surface area contributed by atoms with E-state index in [1.807, 2.05) is 12.1 Å². The third-order valence-electron chi connectivity index (χ3n) is 9.03. The summed E-state index contributed by atoms with van der Waals surface area (Å²) < 4.78 is 11.3. The molecule has 0 bridgehead atoms. The second-order valence-electron chi connectivity index (χ2n) is 11.4. The number of aryl methyl sites for hydroxylation is 1. The summed E-state index contributed by atoms with van der Waals surface area (Å²) >= 11 is 0. The molecule has 1 aromatic heterocycles. The Balaban J connectivity index is 1.14. The topological polar surface area (TPSA) is 57.8 Å². The summed E-state index contributed by atoms with van der Waals surface area (Å²) in [6.45, 7) is 5.46. The largest absolute Gasteiger partial charge is 0.454 e. The second kappa shape index (κ2) is 12.0. The van der Waals surface area contributed by atoms with Gasteiger partial charge >= 0.3 is 0 Å². The molecular weight excluding hydrogens is 534 g/mol. The van der Waals surface area contributed by atoms with Crippen LogP contribution >= 0.6 is 0 Å². The van der Waals surface area contributed by atoms with Crippen LogP contribution in [0.4, 0.5) is 0 Å². The van der Waals surface area contributed by atoms with Crippen molar-refractivity contribution in [1.29, 1.82) is 0 Å². The zero-order valence-corrected chi connectivity index (χ0v) is 24.5. The Kier molecular flexibility index (Phi) is 7.60. The first kappa shape index (κ1) is 27.3. The molecule has 2 aliphatic heterocycles. The zero-order valence-electron chi connectivity index (χ0n) is 24.5. The minimum absolute atomic E-state index is 0.109. The number of H-pyrrole nitrogens is 1. The van der Waals surface area contributed by atoms with Crippen molar-refractivity contribution in [1.82, 2.24) is 14.8 Å². The number of rotatable bonds is 8. The van der Waals surface area contributed by atoms with Crippen LogP contribution in [-0.2, 0) is 11.2 Å². The zero-order chi connectivity index (χ0) is 29.2. The molecule has 218 valence electrons. The number of para-hydroxylation sites is 1. The van der Waals surface area contributed by atoms with Crippen molar-refractivity contribution in [3.63, 3.8) is 0 Å². The van der Waals surface area contributed by atoms with Gasteiger partial charge in [-0.25, -0.2) is 0 Å². The van der Waals surface area contributed by atoms with E-state index >= 15 is 0 Å². The van der Waals surface area contributed by atoms with Gasteiger partial charge in [0.25, 0.3) is 0 Å². The van der Waals surface area contributed by atoms with Gasteiger partial charge < -0.3 is 19.4 Å². The smallest absolute Gasteiger partial charge is 0.231 e. The van der Waals surface area contributed by atoms with Crippen molar-refractivity contribution in [2.75, 3.05) is 33.0 Å². The molecule has 3 heterocycles. The van der Waals surface area contributed by atoms with E-state index in [0.717, 1.165) is 47.7 Å². The lowest BCUT2D eigenvalue weighted by atomic mass is 9.87. The van der Waals surface area contributed by atoms with Crippen molar-refractivity contribution in [3.05, 3.63) is 131 Å². The van der Waals surface area contributed by atoms with Gasteiger partial charge in [-0.3, -0.25) is 9.69 Å². The van der Waals surface area contributed by atoms with Crippen molar-refractivity contribution in [2.24, 2.45) is 0 Å². The maximum absolute atomic E-state index is 14.0. The third-order valence-corrected chi connectivity index (χ3v) is 9.03. The van der Waals surface area contributed by atoms with Crippen molar-refractivity contribution >= 4 is 16.8 Å². The Bertz CT molecular complexity index is 1670. The number of hydrogen-bond donors (Lipinski definition) is 1. The van der Waals surface area contributed by atoms with Crippen LogP contribution in [0.3, 0.4) is 0 Å². The first-order chi connectivity index (χ1) is 21.2. The number of carbonyl (C=O) groups is 1. The van der Waals surface area contributed by atoms with E-state index in [4.69, 9.17) is 9.47 Å². The molecule has 0 aliphatic carbocycles. The minimum atomic E-state index is -0.109. The molecule has 0 radical (unpaired) electrons. The molecular formula is C37H37N3O3. The number of carbonyl (C=O) groups excluding carboxylic acids is 1. The number of ether oxygens (including phenoxy) is 2. The summed E-state index contributed by atoms with van der Waals surface area (Å²) in [5.41, 5.74) is 7.20. The highest BCUT2D eigenvalue weighted by Gasteiger charge is 2.31. The van der Waals surface area contributed by atoms with Crippen LogP contribution in [0.1, 0.15) is 53.1 Å². The average molecular weight is 572 g/mol. The molecule has 1 saturated heterocycles. The number of hydrogen-bond acceptors (Lipinski definition) is 4. The number of piperazine rings is 1. The maximum Gasteiger partial charge on any atom is 0.231 e. The molecule has 1 atom stereocenters. The van der Waals surface area contributed by atoms with E-state index < -0.39 is 0 Å². The number of benzene rings is 4. The van der Waals surface area contributed by atoms with Gasteiger partial charge in [-0.15, -0.1) is 0 Å². The third kappa shape index (κ3) is 5.39. The number of fused-ring (bicyclic) bond motifs is 2. The SMILES string of the molecule is CCc1cccc2c(C(CC(=O)N3CCN(C(c4ccccc4)c4ccccc4)CC3)c3ccc4c(c3)OCO4)c[nH]c12. The molecule has 7 rings (SSSR count). The highest BCUT2D eigenvalue weighted by Crippen LogP contribution is 2.40. The molecule has 1 N–H and O–H groups in total. The van der Waals surface area contributed by atoms with Crippen molar-refractivity contribution < 1.29 is 14.3 Å². The summed E-state index contributed by atoms with van der Waals surface area (Å²) in [7, 11) is 0. The fourth-order valence-electron chi connectivity index (χ4n) is 6.78. The summed E-state index contributed by atoms with van der Waals surface area (Å²) in [6, 6.07) is 34.1. The van der Waals surface area contributed by atoms with Crippen LogP contribution in [0, 0.1) is 0 Å². The molecule has 0 spiro atoms. The van der Waals surface area contributed by atoms with Gasteiger partial charge in [0.05, 0.1) is 6.04 Å². The van der Waals surface area contributed by atoms with Gasteiger partial charge in [0, 0.05) is 55.6 Å². The second-order valence-corrected chi connectivity index (χ2v) is 11.4. The van der Waals surface area contributed by atoms with E-state index in [-0.39, 0.29) is 24.7 Å². The highest BCUT2D eigenvalue weighted by atomic mass is 16.7. The summed E-state index contributed by atoms with van der Waals surface area (Å²) in [6.07, 6.45) is 3.43. The summed E-state index contributed by atoms with van der Waals surface area (Å²) in [5, 5.41) is 1.17. The van der Waals surface area contributed by atoms with E-state index in [2.05, 4.69) is 113 Å². The first-order valence-electron chi connectivity index (χ1n) is 15.3. The predicted octanol–water partition coefficient (Wildman–Crippen LogP) is 6.91. The normalized spacial score (nSPS) is 15.7. The van der Waals surface area contributed by atoms with Crippen LogP contribution in [0.2, 0.25) is 0 Å². The number of aromatic amines is 1. The Morgan fingerprint density at radius 3 is 2.19 bits per heavy atom. The van der Waals surface area contributed by atoms with Gasteiger partial charge in [0.1, 0.15) is 0 Å². The molecule has 1 unspecified atom stereocenters. The summed E-state index contributed by atoms with van der Waals surface area (Å²) in [4.78, 5) is 22.1. The summed E-state index contributed by atoms with van der Waals surface area (Å²) in [5.74, 6) is 1.57. The lowest BCUT2D eigenvalue weighted by Crippen LogP contribution is -2.50. The fraction of sp³-hybridized carbons (Fsp3) is 0.270. The molecule has 1 amide bonds. The van der Waals surface area contributed by atoms with Gasteiger partial charge in [-0.05, 0) is 46.4 Å². The molecule has 6 heteroatoms. The predicted molar refractivity (Wildman–Crippen MR) is 170 cm³/mol. The first-order valence-corrected chi connectivity index (χ1v) is 15.3. The quantitative estimate of drug-likeness (QED) is 0.220. The monoisotopic (exact) mass is 571 g/mol. The molecule has 0 saturated carbocycles. The standard InChI is InChI=1S/C37H37N3O3/c1-2-26-14-9-15-30-32(24-38-36(26)30)31(29-16-17-33-34(22-29)43-25-42-33)23-35(41)39-18-20-40(21-19-39)37(27-10-5-3-6-11-27)28-12-7-4-8-13-28/h3-17,22,24,31,37-38H,2,18-21,23,25H2,1H3. The van der Waals surface area contributed by atoms with Crippen molar-refractivity contribution in [2.45, 2.75) is 31.7 Å². The van der Waals surface area contributed by atoms with Crippen LogP contribution in [0.5, 0.6) is 11.5 Å². The Hall–Kier alpha value is -4.55. The van der Waals surface area contributed by atoms with Crippen LogP contribution in [-0.4, -0.2) is 53.7 Å². The fourth-order valence-corrected chi connectivity index (χ4v) is 6.78. The van der Waals surface area contributed by atoms with Gasteiger partial charge in [-0.2, -0.15) is 0 Å². The Morgan fingerprint density at radius 1 is 0.791 bits per heavy atom. The van der Waals surface area contributed by atoms with E-state index in [1.54, 1.807) is 0 Å². The molecule has 6 nitrogen and oxygen atoms in total. The average Bonchev–Trinajstić information content (AvgIpc) is 3.72. The van der Waals surface area contributed by atoms with Crippen LogP contribution in [0.15, 0.2) is 103 Å². The van der Waals surface area contributed by atoms with E-state index in [1.165, 1.54) is 22.1 Å². The van der Waals surface area contributed by atoms with Gasteiger partial charge in [0.15, 0.2) is 11.5 Å². The molecule has 5 aromatic rings. The molecule has 2 aliphatic rings. The lowest BCUT2D eigenvalue weighted by Gasteiger charge is -2.40. The van der Waals surface area contributed by atoms with Gasteiger partial charge in [0.2, 0.25) is 12.7 Å². The maximum atomic E-state index is 14.0. The number of amides is 1. The Labute approximate surface area is 252 Å². The van der Waals surface area contributed by atoms with E-state index in [9.17, 15) is 4.79 Å². The van der Waals surface area contributed by atoms with E-state index in [0.29, 0.717) is 19.5 Å². The van der Waals surface area contributed by atoms with Gasteiger partial charge in [-0.1, -0.05) is 91.9 Å². The highest BCUT2D eigenvalue weighted by molar-refractivity contribution is 5.88. The molecule has 4 aromatic carbocycles. The lowest BCUT2D eigenvalue weighted by molar-refractivity contribution is -0.133. The number of nitrogens with one attached hydrogen (secondary N) is 1. The number of nitrogens with zero attached hydrogens (tertiary/aromatic N) is 2.